The van der Waals surface area contributed by atoms with E-state index in [1.807, 2.05) is 24.3 Å². The number of hydrogen-bond acceptors (Lipinski definition) is 3. The fourth-order valence-corrected chi connectivity index (χ4v) is 6.67. The quantitative estimate of drug-likeness (QED) is 0.221. The standard InChI is InChI=1S/C36H19N3O/c1-2-7-21-18-22(13-12-20(21)6-1)23-14-17-31-27(19-23)24-15-16-30-32(35(24)40-31)25-8-5-9-26-33-36(39(30)34(25)26)38-29-11-4-3-10-28(29)37-33/h1-19H. The molecule has 40 heavy (non-hydrogen) atoms. The number of aromatic nitrogens is 3. The number of rotatable bonds is 1. The molecule has 4 aromatic heterocycles. The predicted octanol–water partition coefficient (Wildman–Crippen LogP) is 9.50. The van der Waals surface area contributed by atoms with E-state index in [0.717, 1.165) is 71.3 Å². The van der Waals surface area contributed by atoms with Crippen molar-refractivity contribution in [1.29, 1.82) is 0 Å². The highest BCUT2D eigenvalue weighted by Crippen LogP contribution is 2.43. The molecule has 184 valence electrons. The topological polar surface area (TPSA) is 43.3 Å². The van der Waals surface area contributed by atoms with Crippen LogP contribution in [0, 0.1) is 0 Å². The Bertz CT molecular complexity index is 2660. The fraction of sp³-hybridized carbons (Fsp3) is 0. The maximum atomic E-state index is 6.62. The third-order valence-electron chi connectivity index (χ3n) is 8.49. The minimum atomic E-state index is 0.883. The molecule has 6 aromatic carbocycles. The van der Waals surface area contributed by atoms with Crippen molar-refractivity contribution in [2.75, 3.05) is 0 Å². The van der Waals surface area contributed by atoms with Crippen molar-refractivity contribution in [2.24, 2.45) is 0 Å². The molecule has 0 fully saturated rings. The van der Waals surface area contributed by atoms with Gasteiger partial charge in [0.05, 0.1) is 27.5 Å². The average Bonchev–Trinajstić information content (AvgIpc) is 3.66. The third-order valence-corrected chi connectivity index (χ3v) is 8.49. The monoisotopic (exact) mass is 509 g/mol. The molecule has 0 radical (unpaired) electrons. The van der Waals surface area contributed by atoms with E-state index in [1.54, 1.807) is 0 Å². The third kappa shape index (κ3) is 2.51. The van der Waals surface area contributed by atoms with E-state index >= 15 is 0 Å². The van der Waals surface area contributed by atoms with Gasteiger partial charge in [0.25, 0.3) is 0 Å². The summed E-state index contributed by atoms with van der Waals surface area (Å²) in [5.41, 5.74) is 10.1. The lowest BCUT2D eigenvalue weighted by molar-refractivity contribution is 0.673. The average molecular weight is 510 g/mol. The number of hydrogen-bond donors (Lipinski definition) is 0. The summed E-state index contributed by atoms with van der Waals surface area (Å²) in [5.74, 6) is 0. The molecule has 4 heteroatoms. The second-order valence-electron chi connectivity index (χ2n) is 10.6. The molecule has 0 aliphatic rings. The first-order valence-corrected chi connectivity index (χ1v) is 13.5. The van der Waals surface area contributed by atoms with Crippen molar-refractivity contribution in [3.63, 3.8) is 0 Å². The van der Waals surface area contributed by atoms with Gasteiger partial charge in [-0.3, -0.25) is 4.40 Å². The molecule has 10 aromatic rings. The van der Waals surface area contributed by atoms with E-state index in [4.69, 9.17) is 14.4 Å². The largest absolute Gasteiger partial charge is 0.455 e. The van der Waals surface area contributed by atoms with Crippen molar-refractivity contribution in [3.05, 3.63) is 115 Å². The van der Waals surface area contributed by atoms with Gasteiger partial charge in [0, 0.05) is 21.5 Å². The van der Waals surface area contributed by atoms with Gasteiger partial charge in [-0.25, -0.2) is 9.97 Å². The lowest BCUT2D eigenvalue weighted by Gasteiger charge is -2.04. The molecule has 4 nitrogen and oxygen atoms in total. The summed E-state index contributed by atoms with van der Waals surface area (Å²) in [6, 6.07) is 40.6. The van der Waals surface area contributed by atoms with Gasteiger partial charge >= 0.3 is 0 Å². The first-order valence-electron chi connectivity index (χ1n) is 13.5. The minimum absolute atomic E-state index is 0.883. The molecular weight excluding hydrogens is 490 g/mol. The minimum Gasteiger partial charge on any atom is -0.455 e. The molecule has 0 saturated heterocycles. The van der Waals surface area contributed by atoms with Crippen LogP contribution in [-0.4, -0.2) is 14.4 Å². The lowest BCUT2D eigenvalue weighted by Crippen LogP contribution is -1.88. The Morgan fingerprint density at radius 1 is 0.550 bits per heavy atom. The number of furan rings is 1. The van der Waals surface area contributed by atoms with Crippen LogP contribution in [0.4, 0.5) is 0 Å². The van der Waals surface area contributed by atoms with Crippen LogP contribution in [0.15, 0.2) is 120 Å². The second-order valence-corrected chi connectivity index (χ2v) is 10.6. The lowest BCUT2D eigenvalue weighted by atomic mass is 9.99. The molecule has 0 spiro atoms. The zero-order chi connectivity index (χ0) is 25.9. The van der Waals surface area contributed by atoms with Crippen molar-refractivity contribution in [3.8, 4) is 11.1 Å². The molecule has 0 unspecified atom stereocenters. The van der Waals surface area contributed by atoms with Gasteiger partial charge in [-0.2, -0.15) is 0 Å². The van der Waals surface area contributed by atoms with Crippen molar-refractivity contribution < 1.29 is 4.42 Å². The zero-order valence-electron chi connectivity index (χ0n) is 21.2. The van der Waals surface area contributed by atoms with Crippen molar-refractivity contribution >= 4 is 82.1 Å². The maximum Gasteiger partial charge on any atom is 0.165 e. The Kier molecular flexibility index (Phi) is 3.65. The highest BCUT2D eigenvalue weighted by atomic mass is 16.3. The highest BCUT2D eigenvalue weighted by Gasteiger charge is 2.23. The van der Waals surface area contributed by atoms with Crippen LogP contribution in [0.25, 0.3) is 93.2 Å². The number of nitrogens with zero attached hydrogens (tertiary/aromatic N) is 3. The SMILES string of the molecule is c1ccc2cc(-c3ccc4oc5c(ccc6c5c5cccc7c8nc9ccccc9nc8n6c75)c4c3)ccc2c1. The van der Waals surface area contributed by atoms with E-state index in [9.17, 15) is 0 Å². The summed E-state index contributed by atoms with van der Waals surface area (Å²) in [5, 5.41) is 8.15. The van der Waals surface area contributed by atoms with Crippen LogP contribution in [-0.2, 0) is 0 Å². The van der Waals surface area contributed by atoms with Crippen LogP contribution < -0.4 is 0 Å². The fourth-order valence-electron chi connectivity index (χ4n) is 6.67. The van der Waals surface area contributed by atoms with Crippen LogP contribution in [0.3, 0.4) is 0 Å². The Labute approximate surface area is 227 Å². The highest BCUT2D eigenvalue weighted by molar-refractivity contribution is 6.29. The molecular formula is C36H19N3O. The molecule has 0 aliphatic carbocycles. The predicted molar refractivity (Wildman–Crippen MR) is 164 cm³/mol. The van der Waals surface area contributed by atoms with Crippen LogP contribution in [0.5, 0.6) is 0 Å². The zero-order valence-corrected chi connectivity index (χ0v) is 21.2. The van der Waals surface area contributed by atoms with E-state index in [-0.39, 0.29) is 0 Å². The summed E-state index contributed by atoms with van der Waals surface area (Å²) in [7, 11) is 0. The molecule has 4 heterocycles. The summed E-state index contributed by atoms with van der Waals surface area (Å²) < 4.78 is 8.89. The van der Waals surface area contributed by atoms with Crippen LogP contribution in [0.2, 0.25) is 0 Å². The van der Waals surface area contributed by atoms with E-state index in [0.29, 0.717) is 0 Å². The van der Waals surface area contributed by atoms with Gasteiger partial charge in [0.15, 0.2) is 5.65 Å². The summed E-state index contributed by atoms with van der Waals surface area (Å²) in [6.07, 6.45) is 0. The summed E-state index contributed by atoms with van der Waals surface area (Å²) in [6.45, 7) is 0. The van der Waals surface area contributed by atoms with Crippen LogP contribution >= 0.6 is 0 Å². The molecule has 0 saturated carbocycles. The first-order chi connectivity index (χ1) is 19.8. The maximum absolute atomic E-state index is 6.62. The van der Waals surface area contributed by atoms with Gasteiger partial charge in [-0.1, -0.05) is 72.8 Å². The molecule has 0 atom stereocenters. The Morgan fingerprint density at radius 2 is 1.32 bits per heavy atom. The van der Waals surface area contributed by atoms with E-state index in [1.165, 1.54) is 21.9 Å². The first kappa shape index (κ1) is 20.5. The normalized spacial score (nSPS) is 12.5. The van der Waals surface area contributed by atoms with Crippen molar-refractivity contribution in [2.45, 2.75) is 0 Å². The van der Waals surface area contributed by atoms with E-state index in [2.05, 4.69) is 95.4 Å². The molecule has 0 aliphatic heterocycles. The smallest absolute Gasteiger partial charge is 0.165 e. The number of benzene rings is 6. The van der Waals surface area contributed by atoms with Gasteiger partial charge in [-0.05, 0) is 64.4 Å². The second kappa shape index (κ2) is 7.13. The molecule has 0 amide bonds. The molecule has 10 rings (SSSR count). The van der Waals surface area contributed by atoms with Gasteiger partial charge < -0.3 is 4.42 Å². The van der Waals surface area contributed by atoms with Gasteiger partial charge in [-0.15, -0.1) is 0 Å². The van der Waals surface area contributed by atoms with Gasteiger partial charge in [0.1, 0.15) is 16.7 Å². The van der Waals surface area contributed by atoms with Gasteiger partial charge in [0.2, 0.25) is 0 Å². The Balaban J connectivity index is 1.29. The molecule has 0 bridgehead atoms. The van der Waals surface area contributed by atoms with Crippen molar-refractivity contribution in [1.82, 2.24) is 14.4 Å². The molecule has 0 N–H and O–H groups in total. The summed E-state index contributed by atoms with van der Waals surface area (Å²) >= 11 is 0. The summed E-state index contributed by atoms with van der Waals surface area (Å²) in [4.78, 5) is 10.1. The number of fused-ring (bicyclic) bond motifs is 12. The van der Waals surface area contributed by atoms with Crippen LogP contribution in [0.1, 0.15) is 0 Å². The Morgan fingerprint density at radius 3 is 2.25 bits per heavy atom. The Hall–Kier alpha value is -5.48. The number of para-hydroxylation sites is 3. The van der Waals surface area contributed by atoms with E-state index < -0.39 is 0 Å².